The topological polar surface area (TPSA) is 29.5 Å². The predicted molar refractivity (Wildman–Crippen MR) is 94.5 cm³/mol. The zero-order chi connectivity index (χ0) is 16.2. The molecule has 2 aromatic carbocycles. The maximum atomic E-state index is 12.8. The van der Waals surface area contributed by atoms with Gasteiger partial charge in [-0.1, -0.05) is 46.3 Å². The summed E-state index contributed by atoms with van der Waals surface area (Å²) in [5.41, 5.74) is 1.96. The van der Waals surface area contributed by atoms with Crippen molar-refractivity contribution in [2.24, 2.45) is 0 Å². The van der Waals surface area contributed by atoms with Crippen molar-refractivity contribution in [3.8, 4) is 0 Å². The Hall–Kier alpha value is -1.65. The van der Waals surface area contributed by atoms with Crippen LogP contribution in [-0.2, 0) is 11.2 Å². The molecule has 3 rings (SSSR count). The predicted octanol–water partition coefficient (Wildman–Crippen LogP) is 3.92. The summed E-state index contributed by atoms with van der Waals surface area (Å²) >= 11 is 3.40. The third kappa shape index (κ3) is 4.01. The number of benzene rings is 2. The fourth-order valence-electron chi connectivity index (χ4n) is 2.86. The van der Waals surface area contributed by atoms with Gasteiger partial charge in [-0.25, -0.2) is 0 Å². The summed E-state index contributed by atoms with van der Waals surface area (Å²) in [5.74, 6) is 0.0753. The van der Waals surface area contributed by atoms with E-state index in [2.05, 4.69) is 28.1 Å². The number of morpholine rings is 1. The first-order chi connectivity index (χ1) is 11.1. The summed E-state index contributed by atoms with van der Waals surface area (Å²) in [6, 6.07) is 17.9. The molecule has 1 amide bonds. The number of nitrogens with zero attached hydrogens (tertiary/aromatic N) is 1. The molecule has 0 aliphatic carbocycles. The van der Waals surface area contributed by atoms with Crippen LogP contribution in [0.2, 0.25) is 0 Å². The molecule has 1 aliphatic heterocycles. The molecule has 2 aromatic rings. The van der Waals surface area contributed by atoms with Gasteiger partial charge in [0.15, 0.2) is 0 Å². The Bertz CT molecular complexity index is 657. The van der Waals surface area contributed by atoms with Crippen molar-refractivity contribution in [2.45, 2.75) is 25.5 Å². The van der Waals surface area contributed by atoms with Crippen LogP contribution in [0.5, 0.6) is 0 Å². The number of amides is 1. The van der Waals surface area contributed by atoms with Gasteiger partial charge in [0.05, 0.1) is 18.8 Å². The number of carbonyl (C=O) groups is 1. The van der Waals surface area contributed by atoms with Crippen LogP contribution < -0.4 is 0 Å². The first-order valence-corrected chi connectivity index (χ1v) is 8.65. The van der Waals surface area contributed by atoms with Crippen LogP contribution >= 0.6 is 15.9 Å². The van der Waals surface area contributed by atoms with Gasteiger partial charge in [0.1, 0.15) is 0 Å². The number of ether oxygens (including phenoxy) is 1. The molecule has 0 N–H and O–H groups in total. The Morgan fingerprint density at radius 2 is 1.87 bits per heavy atom. The molecule has 2 atom stereocenters. The zero-order valence-corrected chi connectivity index (χ0v) is 14.7. The van der Waals surface area contributed by atoms with Gasteiger partial charge in [0.25, 0.3) is 5.91 Å². The molecule has 23 heavy (non-hydrogen) atoms. The van der Waals surface area contributed by atoms with Gasteiger partial charge >= 0.3 is 0 Å². The fraction of sp³-hybridized carbons (Fsp3) is 0.316. The van der Waals surface area contributed by atoms with E-state index in [-0.39, 0.29) is 18.1 Å². The van der Waals surface area contributed by atoms with Gasteiger partial charge in [-0.3, -0.25) is 4.79 Å². The molecule has 0 aromatic heterocycles. The molecular formula is C19H20BrNO2. The van der Waals surface area contributed by atoms with Crippen molar-refractivity contribution < 1.29 is 9.53 Å². The highest BCUT2D eigenvalue weighted by Crippen LogP contribution is 2.19. The Morgan fingerprint density at radius 1 is 1.17 bits per heavy atom. The Kier molecular flexibility index (Phi) is 5.13. The second kappa shape index (κ2) is 7.28. The monoisotopic (exact) mass is 373 g/mol. The number of rotatable bonds is 3. The Morgan fingerprint density at radius 3 is 2.57 bits per heavy atom. The van der Waals surface area contributed by atoms with E-state index in [1.165, 1.54) is 5.56 Å². The fourth-order valence-corrected chi connectivity index (χ4v) is 3.12. The van der Waals surface area contributed by atoms with Crippen molar-refractivity contribution in [2.75, 3.05) is 13.2 Å². The zero-order valence-electron chi connectivity index (χ0n) is 13.1. The molecule has 0 saturated carbocycles. The lowest BCUT2D eigenvalue weighted by Gasteiger charge is -2.38. The van der Waals surface area contributed by atoms with E-state index in [0.29, 0.717) is 13.2 Å². The molecular weight excluding hydrogens is 354 g/mol. The quantitative estimate of drug-likeness (QED) is 0.815. The van der Waals surface area contributed by atoms with Crippen LogP contribution in [0, 0.1) is 0 Å². The summed E-state index contributed by atoms with van der Waals surface area (Å²) < 4.78 is 6.91. The summed E-state index contributed by atoms with van der Waals surface area (Å²) in [5, 5.41) is 0. The van der Waals surface area contributed by atoms with Gasteiger partial charge in [-0.05, 0) is 36.8 Å². The molecule has 0 radical (unpaired) electrons. The molecule has 0 spiro atoms. The summed E-state index contributed by atoms with van der Waals surface area (Å²) in [4.78, 5) is 14.7. The van der Waals surface area contributed by atoms with Gasteiger partial charge in [0, 0.05) is 23.0 Å². The van der Waals surface area contributed by atoms with E-state index in [9.17, 15) is 4.79 Å². The van der Waals surface area contributed by atoms with E-state index in [4.69, 9.17) is 4.74 Å². The van der Waals surface area contributed by atoms with Crippen molar-refractivity contribution in [1.29, 1.82) is 0 Å². The summed E-state index contributed by atoms with van der Waals surface area (Å²) in [6.07, 6.45) is 0.880. The molecule has 1 saturated heterocycles. The van der Waals surface area contributed by atoms with E-state index in [0.717, 1.165) is 16.5 Å². The summed E-state index contributed by atoms with van der Waals surface area (Å²) in [7, 11) is 0. The average molecular weight is 374 g/mol. The van der Waals surface area contributed by atoms with Gasteiger partial charge in [0.2, 0.25) is 0 Å². The van der Waals surface area contributed by atoms with Crippen LogP contribution in [0.1, 0.15) is 22.8 Å². The summed E-state index contributed by atoms with van der Waals surface area (Å²) in [6.45, 7) is 3.25. The largest absolute Gasteiger partial charge is 0.374 e. The van der Waals surface area contributed by atoms with E-state index < -0.39 is 0 Å². The van der Waals surface area contributed by atoms with Crippen LogP contribution in [0.25, 0.3) is 0 Å². The molecule has 4 heteroatoms. The van der Waals surface area contributed by atoms with E-state index in [1.54, 1.807) is 0 Å². The van der Waals surface area contributed by atoms with Crippen molar-refractivity contribution in [3.63, 3.8) is 0 Å². The van der Waals surface area contributed by atoms with Crippen LogP contribution in [0.3, 0.4) is 0 Å². The average Bonchev–Trinajstić information content (AvgIpc) is 2.58. The maximum absolute atomic E-state index is 12.8. The second-order valence-electron chi connectivity index (χ2n) is 5.96. The molecule has 3 nitrogen and oxygen atoms in total. The minimum Gasteiger partial charge on any atom is -0.374 e. The number of hydrogen-bond donors (Lipinski definition) is 0. The second-order valence-corrected chi connectivity index (χ2v) is 6.87. The molecule has 1 heterocycles. The lowest BCUT2D eigenvalue weighted by molar-refractivity contribution is -0.0464. The normalized spacial score (nSPS) is 21.2. The van der Waals surface area contributed by atoms with Crippen molar-refractivity contribution >= 4 is 21.8 Å². The van der Waals surface area contributed by atoms with Gasteiger partial charge in [-0.2, -0.15) is 0 Å². The minimum atomic E-state index is 0.0491. The van der Waals surface area contributed by atoms with Crippen LogP contribution in [0.15, 0.2) is 59.1 Å². The number of carbonyl (C=O) groups excluding carboxylic acids is 1. The third-order valence-corrected chi connectivity index (χ3v) is 4.69. The molecule has 1 fully saturated rings. The lowest BCUT2D eigenvalue weighted by Crippen LogP contribution is -2.51. The number of halogens is 1. The first kappa shape index (κ1) is 16.2. The Balaban J connectivity index is 1.70. The minimum absolute atomic E-state index is 0.0491. The molecule has 0 bridgehead atoms. The first-order valence-electron chi connectivity index (χ1n) is 7.85. The maximum Gasteiger partial charge on any atom is 0.254 e. The standard InChI is InChI=1S/C19H20BrNO2/c1-14-13-23-18(11-15-5-3-2-4-6-15)12-21(14)19(22)16-7-9-17(20)10-8-16/h2-10,14,18H,11-13H2,1H3. The van der Waals surface area contributed by atoms with E-state index in [1.807, 2.05) is 54.3 Å². The smallest absolute Gasteiger partial charge is 0.254 e. The highest BCUT2D eigenvalue weighted by Gasteiger charge is 2.30. The SMILES string of the molecule is CC1COC(Cc2ccccc2)CN1C(=O)c1ccc(Br)cc1. The third-order valence-electron chi connectivity index (χ3n) is 4.16. The highest BCUT2D eigenvalue weighted by molar-refractivity contribution is 9.10. The Labute approximate surface area is 145 Å². The van der Waals surface area contributed by atoms with Crippen molar-refractivity contribution in [1.82, 2.24) is 4.90 Å². The van der Waals surface area contributed by atoms with Gasteiger partial charge in [-0.15, -0.1) is 0 Å². The molecule has 120 valence electrons. The highest BCUT2D eigenvalue weighted by atomic mass is 79.9. The van der Waals surface area contributed by atoms with Crippen LogP contribution in [0.4, 0.5) is 0 Å². The number of hydrogen-bond acceptors (Lipinski definition) is 2. The van der Waals surface area contributed by atoms with E-state index >= 15 is 0 Å². The van der Waals surface area contributed by atoms with Gasteiger partial charge < -0.3 is 9.64 Å². The molecule has 1 aliphatic rings. The van der Waals surface area contributed by atoms with Crippen molar-refractivity contribution in [3.05, 3.63) is 70.2 Å². The van der Waals surface area contributed by atoms with Crippen LogP contribution in [-0.4, -0.2) is 36.1 Å². The lowest BCUT2D eigenvalue weighted by atomic mass is 10.0. The molecule has 2 unspecified atom stereocenters.